The van der Waals surface area contributed by atoms with E-state index in [9.17, 15) is 0 Å². The van der Waals surface area contributed by atoms with Crippen LogP contribution in [0.5, 0.6) is 0 Å². The molecule has 2 saturated heterocycles. The molecule has 0 radical (unpaired) electrons. The zero-order chi connectivity index (χ0) is 8.77. The molecule has 0 aromatic carbocycles. The lowest BCUT2D eigenvalue weighted by Crippen LogP contribution is -2.42. The van der Waals surface area contributed by atoms with Crippen LogP contribution >= 0.6 is 0 Å². The molecule has 2 aliphatic heterocycles. The van der Waals surface area contributed by atoms with E-state index < -0.39 is 0 Å². The monoisotopic (exact) mass is 167 g/mol. The lowest BCUT2D eigenvalue weighted by Gasteiger charge is -2.36. The van der Waals surface area contributed by atoms with Crippen molar-refractivity contribution < 1.29 is 0 Å². The molecule has 2 fully saturated rings. The highest BCUT2D eigenvalue weighted by molar-refractivity contribution is 5.03. The number of rotatable bonds is 1. The summed E-state index contributed by atoms with van der Waals surface area (Å²) in [5.74, 6) is 1.79. The van der Waals surface area contributed by atoms with Gasteiger partial charge in [0, 0.05) is 12.1 Å². The van der Waals surface area contributed by atoms with E-state index in [1.165, 1.54) is 32.4 Å². The Morgan fingerprint density at radius 1 is 1.42 bits per heavy atom. The zero-order valence-corrected chi connectivity index (χ0v) is 8.64. The summed E-state index contributed by atoms with van der Waals surface area (Å²) >= 11 is 0. The molecule has 2 aliphatic rings. The third kappa shape index (κ3) is 1.02. The van der Waals surface area contributed by atoms with E-state index in [0.29, 0.717) is 5.54 Å². The van der Waals surface area contributed by atoms with Crippen molar-refractivity contribution in [3.05, 3.63) is 0 Å². The molecule has 2 rings (SSSR count). The van der Waals surface area contributed by atoms with Gasteiger partial charge in [0.15, 0.2) is 0 Å². The summed E-state index contributed by atoms with van der Waals surface area (Å²) in [6, 6.07) is 0. The van der Waals surface area contributed by atoms with E-state index in [1.54, 1.807) is 0 Å². The maximum atomic E-state index is 2.75. The van der Waals surface area contributed by atoms with Crippen LogP contribution in [-0.2, 0) is 0 Å². The van der Waals surface area contributed by atoms with Crippen molar-refractivity contribution in [2.45, 2.75) is 45.6 Å². The zero-order valence-electron chi connectivity index (χ0n) is 8.64. The molecule has 0 N–H and O–H groups in total. The SMILES string of the molecule is CC1CN2CCCC2(C(C)C)C1. The summed E-state index contributed by atoms with van der Waals surface area (Å²) in [4.78, 5) is 2.75. The largest absolute Gasteiger partial charge is 0.297 e. The Morgan fingerprint density at radius 2 is 2.17 bits per heavy atom. The first kappa shape index (κ1) is 8.55. The molecular weight excluding hydrogens is 146 g/mol. The van der Waals surface area contributed by atoms with Gasteiger partial charge in [-0.3, -0.25) is 4.90 Å². The lowest BCUT2D eigenvalue weighted by molar-refractivity contribution is 0.136. The van der Waals surface area contributed by atoms with Gasteiger partial charge in [0.25, 0.3) is 0 Å². The molecule has 12 heavy (non-hydrogen) atoms. The van der Waals surface area contributed by atoms with E-state index in [-0.39, 0.29) is 0 Å². The fourth-order valence-corrected chi connectivity index (χ4v) is 3.39. The minimum absolute atomic E-state index is 0.611. The van der Waals surface area contributed by atoms with Gasteiger partial charge in [-0.15, -0.1) is 0 Å². The van der Waals surface area contributed by atoms with Crippen LogP contribution in [-0.4, -0.2) is 23.5 Å². The van der Waals surface area contributed by atoms with Crippen LogP contribution in [0.2, 0.25) is 0 Å². The second-order valence-electron chi connectivity index (χ2n) is 5.12. The van der Waals surface area contributed by atoms with Crippen molar-refractivity contribution in [3.63, 3.8) is 0 Å². The van der Waals surface area contributed by atoms with Crippen LogP contribution in [0.15, 0.2) is 0 Å². The quantitative estimate of drug-likeness (QED) is 0.580. The Bertz CT molecular complexity index is 176. The van der Waals surface area contributed by atoms with Crippen molar-refractivity contribution in [2.75, 3.05) is 13.1 Å². The van der Waals surface area contributed by atoms with Gasteiger partial charge in [-0.05, 0) is 37.6 Å². The Balaban J connectivity index is 2.20. The molecule has 1 heteroatoms. The number of fused-ring (bicyclic) bond motifs is 1. The van der Waals surface area contributed by atoms with Crippen LogP contribution in [0.4, 0.5) is 0 Å². The predicted molar refractivity (Wildman–Crippen MR) is 52.2 cm³/mol. The van der Waals surface area contributed by atoms with E-state index in [2.05, 4.69) is 25.7 Å². The fourth-order valence-electron chi connectivity index (χ4n) is 3.39. The standard InChI is InChI=1S/C11H21N/c1-9(2)11-5-4-6-12(11)8-10(3)7-11/h9-10H,4-8H2,1-3H3. The minimum atomic E-state index is 0.611. The molecule has 0 aromatic rings. The maximum absolute atomic E-state index is 2.75. The average molecular weight is 167 g/mol. The van der Waals surface area contributed by atoms with Crippen LogP contribution in [0, 0.1) is 11.8 Å². The Morgan fingerprint density at radius 3 is 2.75 bits per heavy atom. The van der Waals surface area contributed by atoms with Crippen LogP contribution in [0.3, 0.4) is 0 Å². The van der Waals surface area contributed by atoms with Gasteiger partial charge in [-0.2, -0.15) is 0 Å². The topological polar surface area (TPSA) is 3.24 Å². The van der Waals surface area contributed by atoms with Crippen LogP contribution in [0.25, 0.3) is 0 Å². The summed E-state index contributed by atoms with van der Waals surface area (Å²) < 4.78 is 0. The molecule has 0 amide bonds. The molecule has 2 atom stereocenters. The first-order valence-electron chi connectivity index (χ1n) is 5.40. The smallest absolute Gasteiger partial charge is 0.0236 e. The van der Waals surface area contributed by atoms with Crippen molar-refractivity contribution in [1.29, 1.82) is 0 Å². The summed E-state index contributed by atoms with van der Waals surface area (Å²) in [7, 11) is 0. The Hall–Kier alpha value is -0.0400. The lowest BCUT2D eigenvalue weighted by atomic mass is 9.81. The Labute approximate surface area is 76.1 Å². The third-order valence-corrected chi connectivity index (χ3v) is 3.98. The van der Waals surface area contributed by atoms with E-state index in [0.717, 1.165) is 11.8 Å². The number of hydrogen-bond donors (Lipinski definition) is 0. The molecule has 0 spiro atoms. The van der Waals surface area contributed by atoms with Gasteiger partial charge in [0.05, 0.1) is 0 Å². The summed E-state index contributed by atoms with van der Waals surface area (Å²) in [5, 5.41) is 0. The van der Waals surface area contributed by atoms with Gasteiger partial charge in [0.1, 0.15) is 0 Å². The molecule has 0 aliphatic carbocycles. The second-order valence-corrected chi connectivity index (χ2v) is 5.12. The molecule has 1 nitrogen and oxygen atoms in total. The van der Waals surface area contributed by atoms with Crippen molar-refractivity contribution in [3.8, 4) is 0 Å². The summed E-state index contributed by atoms with van der Waals surface area (Å²) in [6.45, 7) is 9.93. The first-order valence-corrected chi connectivity index (χ1v) is 5.40. The Kier molecular flexibility index (Phi) is 1.95. The number of hydrogen-bond acceptors (Lipinski definition) is 1. The average Bonchev–Trinajstić information content (AvgIpc) is 2.42. The summed E-state index contributed by atoms with van der Waals surface area (Å²) in [6.07, 6.45) is 4.34. The van der Waals surface area contributed by atoms with E-state index in [1.807, 2.05) is 0 Å². The van der Waals surface area contributed by atoms with Crippen LogP contribution in [0.1, 0.15) is 40.0 Å². The van der Waals surface area contributed by atoms with Gasteiger partial charge in [0.2, 0.25) is 0 Å². The third-order valence-electron chi connectivity index (χ3n) is 3.98. The van der Waals surface area contributed by atoms with Gasteiger partial charge in [-0.1, -0.05) is 20.8 Å². The van der Waals surface area contributed by atoms with E-state index in [4.69, 9.17) is 0 Å². The first-order chi connectivity index (χ1) is 5.65. The van der Waals surface area contributed by atoms with E-state index >= 15 is 0 Å². The highest BCUT2D eigenvalue weighted by Crippen LogP contribution is 2.45. The molecule has 0 bridgehead atoms. The molecular formula is C11H21N. The molecule has 0 saturated carbocycles. The molecule has 70 valence electrons. The van der Waals surface area contributed by atoms with Gasteiger partial charge in [-0.25, -0.2) is 0 Å². The summed E-state index contributed by atoms with van der Waals surface area (Å²) in [5.41, 5.74) is 0.611. The van der Waals surface area contributed by atoms with Crippen molar-refractivity contribution >= 4 is 0 Å². The van der Waals surface area contributed by atoms with Gasteiger partial charge >= 0.3 is 0 Å². The normalized spacial score (nSPS) is 42.5. The second kappa shape index (κ2) is 2.73. The van der Waals surface area contributed by atoms with Crippen molar-refractivity contribution in [2.24, 2.45) is 11.8 Å². The van der Waals surface area contributed by atoms with Gasteiger partial charge < -0.3 is 0 Å². The predicted octanol–water partition coefficient (Wildman–Crippen LogP) is 2.52. The fraction of sp³-hybridized carbons (Fsp3) is 1.00. The highest BCUT2D eigenvalue weighted by atomic mass is 15.2. The van der Waals surface area contributed by atoms with Crippen LogP contribution < -0.4 is 0 Å². The highest BCUT2D eigenvalue weighted by Gasteiger charge is 2.48. The van der Waals surface area contributed by atoms with Crippen molar-refractivity contribution in [1.82, 2.24) is 4.90 Å². The molecule has 2 heterocycles. The number of nitrogens with zero attached hydrogens (tertiary/aromatic N) is 1. The minimum Gasteiger partial charge on any atom is -0.297 e. The molecule has 0 aromatic heterocycles. The molecule has 2 unspecified atom stereocenters. The maximum Gasteiger partial charge on any atom is 0.0236 e.